The summed E-state index contributed by atoms with van der Waals surface area (Å²) in [6.45, 7) is 13.4. The van der Waals surface area contributed by atoms with Crippen molar-refractivity contribution in [2.24, 2.45) is 0 Å². The second kappa shape index (κ2) is 13.7. The summed E-state index contributed by atoms with van der Waals surface area (Å²) in [6, 6.07) is 11.1. The number of ether oxygens (including phenoxy) is 2. The van der Waals surface area contributed by atoms with Gasteiger partial charge >= 0.3 is 12.1 Å². The van der Waals surface area contributed by atoms with Gasteiger partial charge in [0.2, 0.25) is 15.9 Å². The zero-order chi connectivity index (χ0) is 33.2. The van der Waals surface area contributed by atoms with Crippen LogP contribution in [0, 0.1) is 6.92 Å². The van der Waals surface area contributed by atoms with E-state index in [9.17, 15) is 22.8 Å². The van der Waals surface area contributed by atoms with Gasteiger partial charge in [-0.25, -0.2) is 18.0 Å². The van der Waals surface area contributed by atoms with E-state index in [1.54, 1.807) is 62.1 Å². The first kappa shape index (κ1) is 34.7. The molecule has 2 aromatic carbocycles. The van der Waals surface area contributed by atoms with E-state index in [-0.39, 0.29) is 17.2 Å². The normalized spacial score (nSPS) is 20.0. The van der Waals surface area contributed by atoms with Crippen LogP contribution in [0.3, 0.4) is 0 Å². The minimum absolute atomic E-state index is 0.0817. The maximum absolute atomic E-state index is 13.9. The van der Waals surface area contributed by atoms with Crippen molar-refractivity contribution in [1.82, 2.24) is 19.4 Å². The van der Waals surface area contributed by atoms with Crippen molar-refractivity contribution in [3.8, 4) is 5.75 Å². The Bertz CT molecular complexity index is 1480. The van der Waals surface area contributed by atoms with Crippen molar-refractivity contribution >= 4 is 39.8 Å². The molecule has 0 radical (unpaired) electrons. The summed E-state index contributed by atoms with van der Waals surface area (Å²) in [4.78, 5) is 43.8. The highest BCUT2D eigenvalue weighted by molar-refractivity contribution is 8.02. The molecule has 11 nitrogen and oxygen atoms in total. The van der Waals surface area contributed by atoms with Crippen LogP contribution in [0.1, 0.15) is 45.7 Å². The molecule has 1 N–H and O–H groups in total. The Labute approximate surface area is 270 Å². The largest absolute Gasteiger partial charge is 0.458 e. The van der Waals surface area contributed by atoms with Gasteiger partial charge in [-0.3, -0.25) is 4.79 Å². The number of likely N-dealkylation sites (N-methyl/N-ethyl adjacent to an activating group) is 1. The van der Waals surface area contributed by atoms with Gasteiger partial charge in [-0.1, -0.05) is 29.8 Å². The van der Waals surface area contributed by atoms with Crippen molar-refractivity contribution in [2.75, 3.05) is 39.1 Å². The fourth-order valence-electron chi connectivity index (χ4n) is 5.13. The van der Waals surface area contributed by atoms with Crippen molar-refractivity contribution in [1.29, 1.82) is 0 Å². The van der Waals surface area contributed by atoms with E-state index in [2.05, 4.69) is 10.2 Å². The lowest BCUT2D eigenvalue weighted by molar-refractivity contribution is -0.158. The van der Waals surface area contributed by atoms with Crippen molar-refractivity contribution in [3.63, 3.8) is 0 Å². The van der Waals surface area contributed by atoms with Gasteiger partial charge in [0.15, 0.2) is 0 Å². The number of rotatable bonds is 8. The molecule has 2 fully saturated rings. The standard InChI is InChI=1S/C32H44N4O7S2/c1-22-8-14-25(15-9-22)45(40,41)36-21-44-32(5,6)27(36)28(37)33-26(29(38)43-31(2,3)4)20-23-10-12-24(13-11-23)42-30(39)35-18-16-34(7)17-19-35/h8-15,26-27H,16-21H2,1-7H3,(H,33,37)/t26-,27+/m0/s1. The number of carbonyl (C=O) groups excluding carboxylic acids is 3. The third kappa shape index (κ3) is 8.78. The first-order chi connectivity index (χ1) is 21.0. The molecular formula is C32H44N4O7S2. The van der Waals surface area contributed by atoms with Crippen LogP contribution >= 0.6 is 11.8 Å². The molecule has 45 heavy (non-hydrogen) atoms. The fourth-order valence-corrected chi connectivity index (χ4v) is 8.30. The predicted octanol–water partition coefficient (Wildman–Crippen LogP) is 3.65. The number of nitrogens with zero attached hydrogens (tertiary/aromatic N) is 3. The van der Waals surface area contributed by atoms with Gasteiger partial charge < -0.3 is 24.6 Å². The summed E-state index contributed by atoms with van der Waals surface area (Å²) in [5, 5.41) is 2.81. The average Bonchev–Trinajstić information content (AvgIpc) is 3.29. The number of hydrogen-bond donors (Lipinski definition) is 1. The monoisotopic (exact) mass is 660 g/mol. The fraction of sp³-hybridized carbons (Fsp3) is 0.531. The minimum atomic E-state index is -4.00. The molecule has 0 saturated carbocycles. The number of amides is 2. The molecule has 0 unspecified atom stereocenters. The Kier molecular flexibility index (Phi) is 10.6. The third-order valence-corrected chi connectivity index (χ3v) is 11.1. The number of carbonyl (C=O) groups is 3. The van der Waals surface area contributed by atoms with Crippen molar-refractivity contribution in [2.45, 2.75) is 75.3 Å². The number of esters is 1. The Morgan fingerprint density at radius 3 is 2.18 bits per heavy atom. The topological polar surface area (TPSA) is 126 Å². The van der Waals surface area contributed by atoms with E-state index < -0.39 is 50.4 Å². The Balaban J connectivity index is 1.52. The van der Waals surface area contributed by atoms with Crippen molar-refractivity contribution in [3.05, 3.63) is 59.7 Å². The number of piperazine rings is 1. The number of aryl methyl sites for hydroxylation is 1. The zero-order valence-corrected chi connectivity index (χ0v) is 28.7. The molecule has 2 atom stereocenters. The number of benzene rings is 2. The maximum Gasteiger partial charge on any atom is 0.415 e. The average molecular weight is 661 g/mol. The zero-order valence-electron chi connectivity index (χ0n) is 27.0. The first-order valence-electron chi connectivity index (χ1n) is 15.0. The highest BCUT2D eigenvalue weighted by Gasteiger charge is 2.51. The van der Waals surface area contributed by atoms with Gasteiger partial charge in [-0.15, -0.1) is 11.8 Å². The van der Waals surface area contributed by atoms with Gasteiger partial charge in [0.05, 0.1) is 10.8 Å². The van der Waals surface area contributed by atoms with Gasteiger partial charge in [-0.05, 0) is 78.4 Å². The number of thioether (sulfide) groups is 1. The summed E-state index contributed by atoms with van der Waals surface area (Å²) >= 11 is 1.36. The number of hydrogen-bond acceptors (Lipinski definition) is 9. The van der Waals surface area contributed by atoms with E-state index in [0.29, 0.717) is 24.4 Å². The molecule has 2 saturated heterocycles. The molecule has 13 heteroatoms. The van der Waals surface area contributed by atoms with Crippen LogP contribution < -0.4 is 10.1 Å². The Hall–Kier alpha value is -3.13. The van der Waals surface area contributed by atoms with Crippen LogP contribution in [0.25, 0.3) is 0 Å². The second-order valence-electron chi connectivity index (χ2n) is 13.1. The van der Waals surface area contributed by atoms with Crippen LogP contribution in [-0.2, 0) is 30.8 Å². The van der Waals surface area contributed by atoms with Gasteiger partial charge in [-0.2, -0.15) is 4.31 Å². The maximum atomic E-state index is 13.9. The molecule has 2 aliphatic heterocycles. The molecular weight excluding hydrogens is 617 g/mol. The third-order valence-electron chi connectivity index (χ3n) is 7.72. The smallest absolute Gasteiger partial charge is 0.415 e. The molecule has 0 aromatic heterocycles. The van der Waals surface area contributed by atoms with Gasteiger partial charge in [0.25, 0.3) is 0 Å². The van der Waals surface area contributed by atoms with E-state index in [4.69, 9.17) is 9.47 Å². The van der Waals surface area contributed by atoms with E-state index in [0.717, 1.165) is 18.7 Å². The quantitative estimate of drug-likeness (QED) is 0.423. The molecule has 0 aliphatic carbocycles. The first-order valence-corrected chi connectivity index (χ1v) is 17.4. The lowest BCUT2D eigenvalue weighted by atomic mass is 10.0. The summed E-state index contributed by atoms with van der Waals surface area (Å²) in [5.41, 5.74) is 0.792. The summed E-state index contributed by atoms with van der Waals surface area (Å²) in [6.07, 6.45) is -0.338. The van der Waals surface area contributed by atoms with Crippen LogP contribution in [-0.4, -0.2) is 102 Å². The molecule has 2 heterocycles. The van der Waals surface area contributed by atoms with Crippen LogP contribution in [0.15, 0.2) is 53.4 Å². The highest BCUT2D eigenvalue weighted by atomic mass is 32.2. The molecule has 0 bridgehead atoms. The second-order valence-corrected chi connectivity index (χ2v) is 16.6. The van der Waals surface area contributed by atoms with Crippen LogP contribution in [0.2, 0.25) is 0 Å². The van der Waals surface area contributed by atoms with Gasteiger partial charge in [0, 0.05) is 37.3 Å². The summed E-state index contributed by atoms with van der Waals surface area (Å²) in [5.74, 6) is -0.776. The highest BCUT2D eigenvalue weighted by Crippen LogP contribution is 2.42. The number of nitrogens with one attached hydrogen (secondary N) is 1. The SMILES string of the molecule is Cc1ccc(S(=O)(=O)N2CSC(C)(C)[C@H]2C(=O)N[C@@H](Cc2ccc(OC(=O)N3CCN(C)CC3)cc2)C(=O)OC(C)(C)C)cc1. The van der Waals surface area contributed by atoms with E-state index in [1.165, 1.54) is 28.2 Å². The molecule has 2 amide bonds. The van der Waals surface area contributed by atoms with Crippen molar-refractivity contribution < 1.29 is 32.3 Å². The van der Waals surface area contributed by atoms with E-state index in [1.807, 2.05) is 27.8 Å². The number of sulfonamides is 1. The Morgan fingerprint density at radius 1 is 1.00 bits per heavy atom. The minimum Gasteiger partial charge on any atom is -0.458 e. The van der Waals surface area contributed by atoms with Crippen LogP contribution in [0.4, 0.5) is 4.79 Å². The molecule has 246 valence electrons. The Morgan fingerprint density at radius 2 is 1.60 bits per heavy atom. The lowest BCUT2D eigenvalue weighted by Crippen LogP contribution is -2.57. The lowest BCUT2D eigenvalue weighted by Gasteiger charge is -2.32. The van der Waals surface area contributed by atoms with Crippen LogP contribution in [0.5, 0.6) is 5.75 Å². The summed E-state index contributed by atoms with van der Waals surface area (Å²) in [7, 11) is -2.00. The molecule has 0 spiro atoms. The molecule has 2 aliphatic rings. The molecule has 4 rings (SSSR count). The van der Waals surface area contributed by atoms with Gasteiger partial charge in [0.1, 0.15) is 23.4 Å². The summed E-state index contributed by atoms with van der Waals surface area (Å²) < 4.78 is 39.0. The predicted molar refractivity (Wildman–Crippen MR) is 174 cm³/mol. The van der Waals surface area contributed by atoms with E-state index >= 15 is 0 Å². The molecule has 2 aromatic rings.